The molecule has 2 N–H and O–H groups in total. The topological polar surface area (TPSA) is 44.5 Å². The Morgan fingerprint density at radius 3 is 2.38 bits per heavy atom. The number of rotatable bonds is 5. The number of halogens is 2. The van der Waals surface area contributed by atoms with E-state index < -0.39 is 6.04 Å². The van der Waals surface area contributed by atoms with Gasteiger partial charge in [0.2, 0.25) is 0 Å². The summed E-state index contributed by atoms with van der Waals surface area (Å²) < 4.78 is 24.1. The highest BCUT2D eigenvalue weighted by molar-refractivity contribution is 6.31. The van der Waals surface area contributed by atoms with E-state index in [2.05, 4.69) is 0 Å². The summed E-state index contributed by atoms with van der Waals surface area (Å²) in [7, 11) is 3.07. The van der Waals surface area contributed by atoms with E-state index in [9.17, 15) is 4.39 Å². The molecule has 1 atom stereocenters. The molecule has 0 aliphatic carbocycles. The summed E-state index contributed by atoms with van der Waals surface area (Å²) in [5, 5.41) is 0.469. The fourth-order valence-electron chi connectivity index (χ4n) is 2.16. The van der Waals surface area contributed by atoms with Gasteiger partial charge in [0.05, 0.1) is 14.2 Å². The molecule has 5 heteroatoms. The minimum absolute atomic E-state index is 0.274. The van der Waals surface area contributed by atoms with Crippen LogP contribution in [0.4, 0.5) is 4.39 Å². The lowest BCUT2D eigenvalue weighted by Crippen LogP contribution is -2.15. The molecule has 0 fully saturated rings. The second-order valence-electron chi connectivity index (χ2n) is 4.63. The van der Waals surface area contributed by atoms with Crippen molar-refractivity contribution < 1.29 is 13.9 Å². The van der Waals surface area contributed by atoms with Gasteiger partial charge in [0, 0.05) is 17.1 Å². The van der Waals surface area contributed by atoms with E-state index in [1.165, 1.54) is 20.3 Å². The van der Waals surface area contributed by atoms with E-state index in [4.69, 9.17) is 26.8 Å². The molecule has 0 aliphatic heterocycles. The van der Waals surface area contributed by atoms with Gasteiger partial charge in [-0.1, -0.05) is 29.8 Å². The van der Waals surface area contributed by atoms with Crippen LogP contribution in [0.1, 0.15) is 17.2 Å². The standard InChI is InChI=1S/C16H17ClFNO2/c1-20-15-8-11(12(17)9-16(15)21-2)14(19)7-10-5-3-4-6-13(10)18/h3-6,8-9,14H,7,19H2,1-2H3. The van der Waals surface area contributed by atoms with Crippen LogP contribution in [0.2, 0.25) is 5.02 Å². The molecular formula is C16H17ClFNO2. The number of benzene rings is 2. The van der Waals surface area contributed by atoms with Crippen molar-refractivity contribution in [2.45, 2.75) is 12.5 Å². The molecule has 0 saturated heterocycles. The number of ether oxygens (including phenoxy) is 2. The first-order valence-corrected chi connectivity index (χ1v) is 6.85. The van der Waals surface area contributed by atoms with E-state index in [-0.39, 0.29) is 5.82 Å². The largest absolute Gasteiger partial charge is 0.493 e. The first-order chi connectivity index (χ1) is 10.1. The molecule has 1 unspecified atom stereocenters. The van der Waals surface area contributed by atoms with Gasteiger partial charge in [0.25, 0.3) is 0 Å². The average molecular weight is 310 g/mol. The SMILES string of the molecule is COc1cc(Cl)c(C(N)Cc2ccccc2F)cc1OC. The number of nitrogens with two attached hydrogens (primary N) is 1. The van der Waals surface area contributed by atoms with E-state index in [1.807, 2.05) is 0 Å². The molecule has 21 heavy (non-hydrogen) atoms. The van der Waals surface area contributed by atoms with Gasteiger partial charge in [0.15, 0.2) is 11.5 Å². The second-order valence-corrected chi connectivity index (χ2v) is 5.04. The fourth-order valence-corrected chi connectivity index (χ4v) is 2.46. The van der Waals surface area contributed by atoms with Crippen LogP contribution in [0.3, 0.4) is 0 Å². The molecule has 2 rings (SSSR count). The maximum Gasteiger partial charge on any atom is 0.162 e. The summed E-state index contributed by atoms with van der Waals surface area (Å²) >= 11 is 6.23. The van der Waals surface area contributed by atoms with Gasteiger partial charge >= 0.3 is 0 Å². The Morgan fingerprint density at radius 1 is 1.14 bits per heavy atom. The van der Waals surface area contributed by atoms with Crippen LogP contribution in [-0.2, 0) is 6.42 Å². The minimum Gasteiger partial charge on any atom is -0.493 e. The molecule has 0 amide bonds. The van der Waals surface area contributed by atoms with Crippen LogP contribution in [0, 0.1) is 5.82 Å². The Labute approximate surface area is 128 Å². The van der Waals surface area contributed by atoms with Crippen molar-refractivity contribution in [2.24, 2.45) is 5.73 Å². The van der Waals surface area contributed by atoms with Crippen LogP contribution in [0.25, 0.3) is 0 Å². The van der Waals surface area contributed by atoms with Crippen molar-refractivity contribution in [3.63, 3.8) is 0 Å². The average Bonchev–Trinajstić information content (AvgIpc) is 2.49. The molecule has 0 bridgehead atoms. The zero-order valence-electron chi connectivity index (χ0n) is 11.9. The third kappa shape index (κ3) is 3.46. The molecular weight excluding hydrogens is 293 g/mol. The molecule has 0 saturated carbocycles. The Bertz CT molecular complexity index is 634. The van der Waals surface area contributed by atoms with Crippen molar-refractivity contribution in [3.8, 4) is 11.5 Å². The third-order valence-corrected chi connectivity index (χ3v) is 3.63. The van der Waals surface area contributed by atoms with Crippen molar-refractivity contribution in [2.75, 3.05) is 14.2 Å². The molecule has 0 radical (unpaired) electrons. The van der Waals surface area contributed by atoms with Crippen molar-refractivity contribution in [1.29, 1.82) is 0 Å². The summed E-state index contributed by atoms with van der Waals surface area (Å²) in [6, 6.07) is 9.50. The zero-order valence-corrected chi connectivity index (χ0v) is 12.7. The summed E-state index contributed by atoms with van der Waals surface area (Å²) in [6.07, 6.45) is 0.349. The fraction of sp³-hybridized carbons (Fsp3) is 0.250. The van der Waals surface area contributed by atoms with Gasteiger partial charge in [-0.2, -0.15) is 0 Å². The molecule has 2 aromatic rings. The first-order valence-electron chi connectivity index (χ1n) is 6.47. The molecule has 0 aliphatic rings. The minimum atomic E-state index is -0.436. The number of hydrogen-bond acceptors (Lipinski definition) is 3. The van der Waals surface area contributed by atoms with Gasteiger partial charge in [-0.25, -0.2) is 4.39 Å². The van der Waals surface area contributed by atoms with Gasteiger partial charge in [0.1, 0.15) is 5.82 Å². The van der Waals surface area contributed by atoms with Crippen LogP contribution in [0.5, 0.6) is 11.5 Å². The smallest absolute Gasteiger partial charge is 0.162 e. The highest BCUT2D eigenvalue weighted by atomic mass is 35.5. The maximum absolute atomic E-state index is 13.7. The molecule has 3 nitrogen and oxygen atoms in total. The molecule has 2 aromatic carbocycles. The lowest BCUT2D eigenvalue weighted by molar-refractivity contribution is 0.354. The van der Waals surface area contributed by atoms with E-state index in [1.54, 1.807) is 30.3 Å². The molecule has 0 spiro atoms. The second kappa shape index (κ2) is 6.78. The van der Waals surface area contributed by atoms with Crippen LogP contribution in [0.15, 0.2) is 36.4 Å². The Kier molecular flexibility index (Phi) is 5.04. The third-order valence-electron chi connectivity index (χ3n) is 3.30. The molecule has 0 aromatic heterocycles. The summed E-state index contributed by atoms with van der Waals surface area (Å²) in [6.45, 7) is 0. The lowest BCUT2D eigenvalue weighted by atomic mass is 9.99. The van der Waals surface area contributed by atoms with Crippen LogP contribution < -0.4 is 15.2 Å². The first kappa shape index (κ1) is 15.6. The highest BCUT2D eigenvalue weighted by Crippen LogP contribution is 2.36. The Hall–Kier alpha value is -1.78. The quantitative estimate of drug-likeness (QED) is 0.915. The number of hydrogen-bond donors (Lipinski definition) is 1. The predicted octanol–water partition coefficient (Wildman–Crippen LogP) is 3.74. The van der Waals surface area contributed by atoms with Crippen molar-refractivity contribution in [1.82, 2.24) is 0 Å². The van der Waals surface area contributed by atoms with Crippen LogP contribution in [-0.4, -0.2) is 14.2 Å². The normalized spacial score (nSPS) is 12.0. The summed E-state index contributed by atoms with van der Waals surface area (Å²) in [5.74, 6) is 0.801. The molecule has 112 valence electrons. The maximum atomic E-state index is 13.7. The van der Waals surface area contributed by atoms with Gasteiger partial charge in [-0.3, -0.25) is 0 Å². The number of methoxy groups -OCH3 is 2. The molecule has 0 heterocycles. The van der Waals surface area contributed by atoms with E-state index in [0.29, 0.717) is 34.1 Å². The zero-order chi connectivity index (χ0) is 15.4. The van der Waals surface area contributed by atoms with E-state index in [0.717, 1.165) is 0 Å². The lowest BCUT2D eigenvalue weighted by Gasteiger charge is -2.17. The van der Waals surface area contributed by atoms with Gasteiger partial charge in [-0.15, -0.1) is 0 Å². The van der Waals surface area contributed by atoms with Crippen molar-refractivity contribution >= 4 is 11.6 Å². The van der Waals surface area contributed by atoms with Gasteiger partial charge in [-0.05, 0) is 29.7 Å². The van der Waals surface area contributed by atoms with Crippen molar-refractivity contribution in [3.05, 3.63) is 58.4 Å². The Morgan fingerprint density at radius 2 is 1.76 bits per heavy atom. The highest BCUT2D eigenvalue weighted by Gasteiger charge is 2.17. The predicted molar refractivity (Wildman–Crippen MR) is 81.6 cm³/mol. The monoisotopic (exact) mass is 309 g/mol. The van der Waals surface area contributed by atoms with E-state index >= 15 is 0 Å². The van der Waals surface area contributed by atoms with Crippen LogP contribution >= 0.6 is 11.6 Å². The van der Waals surface area contributed by atoms with Gasteiger partial charge < -0.3 is 15.2 Å². The summed E-state index contributed by atoms with van der Waals surface area (Å²) in [5.41, 5.74) is 7.41. The summed E-state index contributed by atoms with van der Waals surface area (Å²) in [4.78, 5) is 0. The Balaban J connectivity index is 2.31.